The lowest BCUT2D eigenvalue weighted by Crippen LogP contribution is -3.00. The summed E-state index contributed by atoms with van der Waals surface area (Å²) in [6.07, 6.45) is 0.000917. The quantitative estimate of drug-likeness (QED) is 0.192. The fourth-order valence-electron chi connectivity index (χ4n) is 3.47. The maximum atomic E-state index is 12.8. The van der Waals surface area contributed by atoms with E-state index in [0.717, 1.165) is 6.54 Å². The van der Waals surface area contributed by atoms with E-state index >= 15 is 0 Å². The van der Waals surface area contributed by atoms with E-state index in [4.69, 9.17) is 5.73 Å². The molecule has 0 unspecified atom stereocenters. The number of aromatic nitrogens is 5. The van der Waals surface area contributed by atoms with Gasteiger partial charge in [-0.05, 0) is 30.1 Å². The molecule has 2 aliphatic rings. The lowest BCUT2D eigenvalue weighted by atomic mass is 10.0. The highest BCUT2D eigenvalue weighted by molar-refractivity contribution is 8.01. The summed E-state index contributed by atoms with van der Waals surface area (Å²) < 4.78 is 1.67. The summed E-state index contributed by atoms with van der Waals surface area (Å²) in [4.78, 5) is 44.5. The number of thioether (sulfide) groups is 2. The first-order valence-electron chi connectivity index (χ1n) is 10.2. The molecular formula is C18H23ClN9O4S3-. The predicted molar refractivity (Wildman–Crippen MR) is 127 cm³/mol. The van der Waals surface area contributed by atoms with Gasteiger partial charge in [0.15, 0.2) is 5.13 Å². The van der Waals surface area contributed by atoms with Crippen LogP contribution >= 0.6 is 34.9 Å². The van der Waals surface area contributed by atoms with Crippen molar-refractivity contribution in [3.8, 4) is 0 Å². The monoisotopic (exact) mass is 560 g/mol. The summed E-state index contributed by atoms with van der Waals surface area (Å²) in [5.41, 5.74) is 6.68. The maximum Gasteiger partial charge on any atom is 0.352 e. The number of carbonyl (C=O) groups excluding carboxylic acids is 2. The Morgan fingerprint density at radius 1 is 1.40 bits per heavy atom. The number of tetrazole rings is 1. The smallest absolute Gasteiger partial charge is 0.352 e. The summed E-state index contributed by atoms with van der Waals surface area (Å²) >= 11 is 3.98. The number of rotatable bonds is 10. The second-order valence-electron chi connectivity index (χ2n) is 7.84. The van der Waals surface area contributed by atoms with E-state index in [-0.39, 0.29) is 30.4 Å². The van der Waals surface area contributed by atoms with Crippen molar-refractivity contribution < 1.29 is 31.9 Å². The minimum Gasteiger partial charge on any atom is -1.00 e. The molecule has 4 N–H and O–H groups in total. The molecule has 35 heavy (non-hydrogen) atoms. The topological polar surface area (TPSA) is 172 Å². The average Bonchev–Trinajstić information content (AvgIpc) is 3.41. The molecule has 0 radical (unpaired) electrons. The molecule has 2 atom stereocenters. The van der Waals surface area contributed by atoms with Crippen molar-refractivity contribution in [3.63, 3.8) is 0 Å². The van der Waals surface area contributed by atoms with Gasteiger partial charge in [0.1, 0.15) is 17.1 Å². The van der Waals surface area contributed by atoms with Crippen LogP contribution in [0.1, 0.15) is 5.69 Å². The van der Waals surface area contributed by atoms with E-state index in [1.807, 2.05) is 19.0 Å². The van der Waals surface area contributed by atoms with E-state index in [9.17, 15) is 19.5 Å². The van der Waals surface area contributed by atoms with Crippen molar-refractivity contribution >= 4 is 57.8 Å². The van der Waals surface area contributed by atoms with Gasteiger partial charge in [-0.15, -0.1) is 28.2 Å². The summed E-state index contributed by atoms with van der Waals surface area (Å²) in [6, 6.07) is -0.782. The van der Waals surface area contributed by atoms with Crippen molar-refractivity contribution in [1.82, 2.24) is 40.3 Å². The predicted octanol–water partition coefficient (Wildman–Crippen LogP) is -3.65. The zero-order valence-electron chi connectivity index (χ0n) is 18.8. The van der Waals surface area contributed by atoms with Crippen LogP contribution in [0.3, 0.4) is 0 Å². The first-order valence-corrected chi connectivity index (χ1v) is 13.1. The van der Waals surface area contributed by atoms with Crippen LogP contribution in [0.25, 0.3) is 0 Å². The van der Waals surface area contributed by atoms with Crippen LogP contribution in [0.5, 0.6) is 0 Å². The van der Waals surface area contributed by atoms with Gasteiger partial charge in [0, 0.05) is 23.4 Å². The highest BCUT2D eigenvalue weighted by Crippen LogP contribution is 2.41. The number of nitrogens with one attached hydrogen (secondary N) is 1. The first-order chi connectivity index (χ1) is 16.2. The molecule has 0 spiro atoms. The number of fused-ring (bicyclic) bond motifs is 1. The highest BCUT2D eigenvalue weighted by Gasteiger charge is 2.54. The molecule has 190 valence electrons. The Morgan fingerprint density at radius 2 is 2.17 bits per heavy atom. The second-order valence-corrected chi connectivity index (χ2v) is 10.8. The van der Waals surface area contributed by atoms with Gasteiger partial charge in [-0.1, -0.05) is 11.8 Å². The van der Waals surface area contributed by atoms with Crippen LogP contribution in [0.4, 0.5) is 5.13 Å². The van der Waals surface area contributed by atoms with Crippen LogP contribution < -0.4 is 23.5 Å². The molecule has 2 aliphatic heterocycles. The summed E-state index contributed by atoms with van der Waals surface area (Å²) in [5, 5.41) is 26.4. The van der Waals surface area contributed by atoms with Crippen LogP contribution in [0, 0.1) is 0 Å². The molecule has 1 fully saturated rings. The van der Waals surface area contributed by atoms with Crippen LogP contribution in [-0.4, -0.2) is 101 Å². The number of nitrogens with two attached hydrogens (primary N) is 1. The molecule has 0 saturated carbocycles. The molecule has 1 saturated heterocycles. The molecule has 0 bridgehead atoms. The third-order valence-corrected chi connectivity index (χ3v) is 8.22. The van der Waals surface area contributed by atoms with Gasteiger partial charge in [0.05, 0.1) is 18.7 Å². The number of hydrogen-bond acceptors (Lipinski definition) is 12. The zero-order chi connectivity index (χ0) is 24.4. The number of aliphatic carboxylic acids is 1. The normalized spacial score (nSPS) is 19.3. The standard InChI is InChI=1S/C18H23N9O4S3.ClH/c1-25(2)3-4-26-18(22-23-24-26)34-7-9-6-32-15-12(14(29)27(15)13(9)16(30)31)21-11(28)5-10-8-33-17(19)20-10;/h8,12,15H,3-7H2,1-2H3,(H2,19,20)(H,21,28)(H,30,31);1H/p-1/t12-,15-;/m1./s1. The van der Waals surface area contributed by atoms with Crippen molar-refractivity contribution in [2.45, 2.75) is 29.5 Å². The third-order valence-electron chi connectivity index (χ3n) is 5.11. The largest absolute Gasteiger partial charge is 1.00 e. The zero-order valence-corrected chi connectivity index (χ0v) is 22.0. The summed E-state index contributed by atoms with van der Waals surface area (Å²) in [5.74, 6) is -1.24. The Labute approximate surface area is 219 Å². The number of nitrogen functional groups attached to an aromatic ring is 1. The Hall–Kier alpha value is -2.40. The fraction of sp³-hybridized carbons (Fsp3) is 0.500. The molecule has 2 aromatic rings. The number of carboxylic acids is 1. The second kappa shape index (κ2) is 11.6. The fourth-order valence-corrected chi connectivity index (χ4v) is 6.42. The maximum absolute atomic E-state index is 12.8. The molecule has 0 aromatic carbocycles. The molecule has 0 aliphatic carbocycles. The number of carbonyl (C=O) groups is 3. The third kappa shape index (κ3) is 6.06. The number of nitrogens with zero attached hydrogens (tertiary/aromatic N) is 7. The Morgan fingerprint density at radius 3 is 2.83 bits per heavy atom. The van der Waals surface area contributed by atoms with Crippen molar-refractivity contribution in [3.05, 3.63) is 22.3 Å². The molecule has 2 aromatic heterocycles. The van der Waals surface area contributed by atoms with Gasteiger partial charge in [0.2, 0.25) is 11.1 Å². The number of thiazole rings is 1. The lowest BCUT2D eigenvalue weighted by Gasteiger charge is -2.49. The number of anilines is 1. The molecular weight excluding hydrogens is 538 g/mol. The van der Waals surface area contributed by atoms with Crippen LogP contribution in [0.2, 0.25) is 0 Å². The molecule has 4 heterocycles. The van der Waals surface area contributed by atoms with Crippen molar-refractivity contribution in [2.24, 2.45) is 0 Å². The average molecular weight is 561 g/mol. The van der Waals surface area contributed by atoms with E-state index in [1.165, 1.54) is 39.8 Å². The van der Waals surface area contributed by atoms with Crippen molar-refractivity contribution in [1.29, 1.82) is 0 Å². The van der Waals surface area contributed by atoms with E-state index in [0.29, 0.717) is 39.6 Å². The van der Waals surface area contributed by atoms with Gasteiger partial charge >= 0.3 is 5.97 Å². The van der Waals surface area contributed by atoms with E-state index in [2.05, 4.69) is 25.8 Å². The number of β-lactam (4-membered cyclic amide) rings is 1. The lowest BCUT2D eigenvalue weighted by molar-refractivity contribution is -0.150. The van der Waals surface area contributed by atoms with Gasteiger partial charge < -0.3 is 33.5 Å². The highest BCUT2D eigenvalue weighted by atomic mass is 35.5. The molecule has 17 heteroatoms. The van der Waals surface area contributed by atoms with E-state index < -0.39 is 23.3 Å². The number of hydrogen-bond donors (Lipinski definition) is 3. The van der Waals surface area contributed by atoms with Crippen LogP contribution in [-0.2, 0) is 27.3 Å². The van der Waals surface area contributed by atoms with E-state index in [1.54, 1.807) is 10.1 Å². The van der Waals surface area contributed by atoms with Crippen molar-refractivity contribution in [2.75, 3.05) is 37.9 Å². The Kier molecular flexibility index (Phi) is 8.98. The number of halogens is 1. The molecule has 13 nitrogen and oxygen atoms in total. The minimum atomic E-state index is -1.18. The van der Waals surface area contributed by atoms with Gasteiger partial charge in [-0.2, -0.15) is 0 Å². The molecule has 2 amide bonds. The SMILES string of the molecule is CN(C)CCn1nnnc1SCC1=C(C(=O)O)N2C(=O)[C@@H](NC(=O)Cc3csc(N)n3)[C@H]2SC1.[Cl-]. The Bertz CT molecular complexity index is 1140. The summed E-state index contributed by atoms with van der Waals surface area (Å²) in [7, 11) is 3.90. The number of amides is 2. The minimum absolute atomic E-state index is 0. The first kappa shape index (κ1) is 27.2. The van der Waals surface area contributed by atoms with Gasteiger partial charge in [-0.25, -0.2) is 14.5 Å². The number of likely N-dealkylation sites (N-methyl/N-ethyl adjacent to an activating group) is 1. The Balaban J connectivity index is 0.00000342. The van der Waals surface area contributed by atoms with Gasteiger partial charge in [-0.3, -0.25) is 14.5 Å². The summed E-state index contributed by atoms with van der Waals surface area (Å²) in [6.45, 7) is 1.36. The molecule has 4 rings (SSSR count). The van der Waals surface area contributed by atoms with Crippen LogP contribution in [0.15, 0.2) is 21.8 Å². The van der Waals surface area contributed by atoms with Gasteiger partial charge in [0.25, 0.3) is 5.91 Å². The number of carboxylic acid groups (broad SMARTS) is 1.